The van der Waals surface area contributed by atoms with E-state index in [1.807, 2.05) is 78.9 Å². The quantitative estimate of drug-likeness (QED) is 0.218. The highest BCUT2D eigenvalue weighted by Crippen LogP contribution is 2.43. The molecule has 0 atom stereocenters. The van der Waals surface area contributed by atoms with Gasteiger partial charge in [-0.2, -0.15) is 9.97 Å². The highest BCUT2D eigenvalue weighted by Gasteiger charge is 2.27. The number of hydrogen-bond donors (Lipinski definition) is 0. The van der Waals surface area contributed by atoms with Crippen molar-refractivity contribution in [2.24, 2.45) is 0 Å². The van der Waals surface area contributed by atoms with Gasteiger partial charge in [-0.15, -0.1) is 0 Å². The van der Waals surface area contributed by atoms with Crippen LogP contribution in [0, 0.1) is 0 Å². The summed E-state index contributed by atoms with van der Waals surface area (Å²) >= 11 is 0. The van der Waals surface area contributed by atoms with Crippen LogP contribution in [0.2, 0.25) is 0 Å². The summed E-state index contributed by atoms with van der Waals surface area (Å²) in [6.45, 7) is 0. The van der Waals surface area contributed by atoms with Crippen LogP contribution in [0.1, 0.15) is 0 Å². The van der Waals surface area contributed by atoms with Gasteiger partial charge in [0.25, 0.3) is 0 Å². The van der Waals surface area contributed by atoms with Crippen molar-refractivity contribution >= 4 is 44.0 Å². The molecule has 5 aromatic carbocycles. The molecule has 4 heterocycles. The molecule has 0 N–H and O–H groups in total. The van der Waals surface area contributed by atoms with Gasteiger partial charge in [-0.3, -0.25) is 4.57 Å². The SMILES string of the molecule is c1ccc(-c2nc(-c3ccccc3)nc(-n3c4ccccc4c4oc5c6ccccc6n(-c6ccccc6)c5c43)n2)cc1. The number of hydrogen-bond acceptors (Lipinski definition) is 4. The molecule has 0 aliphatic carbocycles. The molecule has 0 radical (unpaired) electrons. The number of furan rings is 1. The molecular weight excluding hydrogens is 530 g/mol. The van der Waals surface area contributed by atoms with Crippen molar-refractivity contribution in [3.63, 3.8) is 0 Å². The molecule has 6 heteroatoms. The van der Waals surface area contributed by atoms with Crippen molar-refractivity contribution in [2.45, 2.75) is 0 Å². The van der Waals surface area contributed by atoms with E-state index in [4.69, 9.17) is 19.4 Å². The Morgan fingerprint density at radius 2 is 0.860 bits per heavy atom. The summed E-state index contributed by atoms with van der Waals surface area (Å²) in [5.74, 6) is 1.75. The molecule has 0 unspecified atom stereocenters. The van der Waals surface area contributed by atoms with E-state index in [1.54, 1.807) is 0 Å². The second kappa shape index (κ2) is 9.26. The van der Waals surface area contributed by atoms with Crippen LogP contribution >= 0.6 is 0 Å². The molecule has 0 spiro atoms. The van der Waals surface area contributed by atoms with Crippen molar-refractivity contribution in [3.05, 3.63) is 140 Å². The van der Waals surface area contributed by atoms with E-state index in [9.17, 15) is 0 Å². The maximum absolute atomic E-state index is 6.80. The van der Waals surface area contributed by atoms with E-state index in [1.165, 1.54) is 0 Å². The Morgan fingerprint density at radius 3 is 1.42 bits per heavy atom. The van der Waals surface area contributed by atoms with Crippen molar-refractivity contribution < 1.29 is 4.42 Å². The monoisotopic (exact) mass is 553 g/mol. The van der Waals surface area contributed by atoms with Crippen molar-refractivity contribution in [1.29, 1.82) is 0 Å². The van der Waals surface area contributed by atoms with Gasteiger partial charge in [0.1, 0.15) is 11.0 Å². The molecule has 4 aromatic heterocycles. The number of aromatic nitrogens is 5. The molecule has 0 bridgehead atoms. The van der Waals surface area contributed by atoms with Crippen LogP contribution in [0.25, 0.3) is 78.4 Å². The largest absolute Gasteiger partial charge is 0.451 e. The Labute approximate surface area is 246 Å². The molecule has 9 aromatic rings. The smallest absolute Gasteiger partial charge is 0.238 e. The highest BCUT2D eigenvalue weighted by atomic mass is 16.3. The van der Waals surface area contributed by atoms with Gasteiger partial charge < -0.3 is 8.98 Å². The first-order chi connectivity index (χ1) is 21.3. The van der Waals surface area contributed by atoms with Gasteiger partial charge in [-0.05, 0) is 36.4 Å². The van der Waals surface area contributed by atoms with Crippen molar-refractivity contribution in [1.82, 2.24) is 24.1 Å². The molecule has 9 rings (SSSR count). The minimum atomic E-state index is 0.534. The summed E-state index contributed by atoms with van der Waals surface area (Å²) in [4.78, 5) is 15.1. The predicted molar refractivity (Wildman–Crippen MR) is 172 cm³/mol. The van der Waals surface area contributed by atoms with Gasteiger partial charge >= 0.3 is 0 Å². The maximum atomic E-state index is 6.80. The van der Waals surface area contributed by atoms with Crippen LogP contribution in [0.3, 0.4) is 0 Å². The number of nitrogens with zero attached hydrogens (tertiary/aromatic N) is 5. The zero-order valence-corrected chi connectivity index (χ0v) is 22.9. The Hall–Kier alpha value is -6.01. The van der Waals surface area contributed by atoms with E-state index in [0.717, 1.165) is 60.8 Å². The van der Waals surface area contributed by atoms with Crippen molar-refractivity contribution in [2.75, 3.05) is 0 Å². The molecule has 6 nitrogen and oxygen atoms in total. The maximum Gasteiger partial charge on any atom is 0.238 e. The Morgan fingerprint density at radius 1 is 0.419 bits per heavy atom. The number of rotatable bonds is 4. The third-order valence-corrected chi connectivity index (χ3v) is 7.99. The van der Waals surface area contributed by atoms with Gasteiger partial charge in [0.05, 0.1) is 11.0 Å². The zero-order valence-electron chi connectivity index (χ0n) is 22.9. The molecule has 0 aliphatic rings. The molecule has 0 fully saturated rings. The highest BCUT2D eigenvalue weighted by molar-refractivity contribution is 6.21. The van der Waals surface area contributed by atoms with Gasteiger partial charge in [0.15, 0.2) is 22.8 Å². The summed E-state index contributed by atoms with van der Waals surface area (Å²) in [5.41, 5.74) is 8.47. The minimum Gasteiger partial charge on any atom is -0.451 e. The third kappa shape index (κ3) is 3.57. The zero-order chi connectivity index (χ0) is 28.3. The summed E-state index contributed by atoms with van der Waals surface area (Å²) in [5, 5.41) is 2.05. The lowest BCUT2D eigenvalue weighted by molar-refractivity contribution is 0.676. The van der Waals surface area contributed by atoms with Crippen LogP contribution in [-0.4, -0.2) is 24.1 Å². The second-order valence-electron chi connectivity index (χ2n) is 10.5. The molecule has 0 saturated heterocycles. The Kier molecular flexibility index (Phi) is 5.10. The van der Waals surface area contributed by atoms with E-state index < -0.39 is 0 Å². The van der Waals surface area contributed by atoms with Gasteiger partial charge in [0.2, 0.25) is 5.95 Å². The average Bonchev–Trinajstić information content (AvgIpc) is 3.72. The second-order valence-corrected chi connectivity index (χ2v) is 10.5. The van der Waals surface area contributed by atoms with Gasteiger partial charge in [-0.1, -0.05) is 103 Å². The van der Waals surface area contributed by atoms with Crippen LogP contribution < -0.4 is 0 Å². The first kappa shape index (κ1) is 23.7. The Bertz CT molecular complexity index is 2380. The Balaban J connectivity index is 1.46. The standard InChI is InChI=1S/C37H23N5O/c1-4-14-24(15-5-1)35-38-36(25-16-6-2-7-17-25)40-37(39-35)42-30-23-13-11-21-28(30)34-32(42)31-33(43-34)27-20-10-12-22-29(27)41(31)26-18-8-3-9-19-26/h1-23H. The number of para-hydroxylation sites is 3. The van der Waals surface area contributed by atoms with E-state index in [0.29, 0.717) is 17.6 Å². The molecular formula is C37H23N5O. The molecule has 43 heavy (non-hydrogen) atoms. The van der Waals surface area contributed by atoms with E-state index in [2.05, 4.69) is 69.8 Å². The summed E-state index contributed by atoms with van der Waals surface area (Å²) in [6, 6.07) is 47.2. The number of benzene rings is 5. The van der Waals surface area contributed by atoms with E-state index in [-0.39, 0.29) is 0 Å². The number of fused-ring (bicyclic) bond motifs is 7. The topological polar surface area (TPSA) is 61.7 Å². The average molecular weight is 554 g/mol. The van der Waals surface area contributed by atoms with Crippen molar-refractivity contribution in [3.8, 4) is 34.4 Å². The van der Waals surface area contributed by atoms with Crippen LogP contribution in [0.5, 0.6) is 0 Å². The molecule has 0 saturated carbocycles. The fourth-order valence-electron chi connectivity index (χ4n) is 6.11. The fraction of sp³-hybridized carbons (Fsp3) is 0. The summed E-state index contributed by atoms with van der Waals surface area (Å²) in [7, 11) is 0. The van der Waals surface area contributed by atoms with E-state index >= 15 is 0 Å². The van der Waals surface area contributed by atoms with Crippen LogP contribution in [0.4, 0.5) is 0 Å². The van der Waals surface area contributed by atoms with Crippen LogP contribution in [0.15, 0.2) is 144 Å². The lowest BCUT2D eigenvalue weighted by Gasteiger charge is -2.11. The normalized spacial score (nSPS) is 11.7. The van der Waals surface area contributed by atoms with Gasteiger partial charge in [-0.25, -0.2) is 4.98 Å². The van der Waals surface area contributed by atoms with Crippen LogP contribution in [-0.2, 0) is 0 Å². The summed E-state index contributed by atoms with van der Waals surface area (Å²) in [6.07, 6.45) is 0. The minimum absolute atomic E-state index is 0.534. The molecule has 0 amide bonds. The summed E-state index contributed by atoms with van der Waals surface area (Å²) < 4.78 is 11.2. The molecule has 0 aliphatic heterocycles. The predicted octanol–water partition coefficient (Wildman–Crippen LogP) is 8.99. The lowest BCUT2D eigenvalue weighted by atomic mass is 10.2. The third-order valence-electron chi connectivity index (χ3n) is 7.99. The fourth-order valence-corrected chi connectivity index (χ4v) is 6.11. The molecule has 202 valence electrons. The van der Waals surface area contributed by atoms with Gasteiger partial charge in [0, 0.05) is 27.6 Å². The lowest BCUT2D eigenvalue weighted by Crippen LogP contribution is -2.06. The first-order valence-electron chi connectivity index (χ1n) is 14.2. The first-order valence-corrected chi connectivity index (χ1v) is 14.2.